The van der Waals surface area contributed by atoms with Gasteiger partial charge in [-0.05, 0) is 30.5 Å². The Morgan fingerprint density at radius 1 is 1.45 bits per heavy atom. The standard InChI is InChI=1S/C16H24ClNO2/c1-12(2)18-11-13-5-6-16(15(17)10-13)20-9-7-14-4-3-8-19-14/h5-6,10,12,14,18H,3-4,7-9,11H2,1-2H3. The first-order valence-corrected chi connectivity index (χ1v) is 7.79. The topological polar surface area (TPSA) is 30.5 Å². The molecule has 1 saturated heterocycles. The molecule has 1 aliphatic rings. The van der Waals surface area contributed by atoms with E-state index < -0.39 is 0 Å². The van der Waals surface area contributed by atoms with Crippen LogP contribution in [-0.4, -0.2) is 25.4 Å². The van der Waals surface area contributed by atoms with Gasteiger partial charge in [0.1, 0.15) is 5.75 Å². The summed E-state index contributed by atoms with van der Waals surface area (Å²) in [5.74, 6) is 0.762. The van der Waals surface area contributed by atoms with Crippen molar-refractivity contribution in [3.05, 3.63) is 28.8 Å². The molecule has 1 aliphatic heterocycles. The molecule has 112 valence electrons. The number of halogens is 1. The fraction of sp³-hybridized carbons (Fsp3) is 0.625. The summed E-state index contributed by atoms with van der Waals surface area (Å²) in [7, 11) is 0. The van der Waals surface area contributed by atoms with Crippen molar-refractivity contribution in [2.45, 2.75) is 51.8 Å². The summed E-state index contributed by atoms with van der Waals surface area (Å²) in [6.07, 6.45) is 3.62. The number of rotatable bonds is 7. The van der Waals surface area contributed by atoms with E-state index in [9.17, 15) is 0 Å². The summed E-state index contributed by atoms with van der Waals surface area (Å²) in [6, 6.07) is 6.45. The SMILES string of the molecule is CC(C)NCc1ccc(OCCC2CCCO2)c(Cl)c1. The molecule has 1 fully saturated rings. The number of nitrogens with one attached hydrogen (secondary N) is 1. The zero-order valence-corrected chi connectivity index (χ0v) is 13.1. The third-order valence-corrected chi connectivity index (χ3v) is 3.73. The molecule has 1 N–H and O–H groups in total. The predicted molar refractivity (Wildman–Crippen MR) is 82.5 cm³/mol. The molecular weight excluding hydrogens is 274 g/mol. The summed E-state index contributed by atoms with van der Waals surface area (Å²) in [5.41, 5.74) is 1.18. The molecule has 1 unspecified atom stereocenters. The second-order valence-corrected chi connectivity index (χ2v) is 5.98. The molecule has 1 aromatic rings. The van der Waals surface area contributed by atoms with Crippen LogP contribution < -0.4 is 10.1 Å². The van der Waals surface area contributed by atoms with Gasteiger partial charge in [-0.1, -0.05) is 31.5 Å². The van der Waals surface area contributed by atoms with Gasteiger partial charge in [0.25, 0.3) is 0 Å². The zero-order chi connectivity index (χ0) is 14.4. The Bertz CT molecular complexity index is 417. The second-order valence-electron chi connectivity index (χ2n) is 5.57. The van der Waals surface area contributed by atoms with E-state index >= 15 is 0 Å². The smallest absolute Gasteiger partial charge is 0.137 e. The highest BCUT2D eigenvalue weighted by Crippen LogP contribution is 2.26. The predicted octanol–water partition coefficient (Wildman–Crippen LogP) is 3.79. The molecule has 0 aliphatic carbocycles. The molecular formula is C16H24ClNO2. The van der Waals surface area contributed by atoms with Crippen LogP contribution in [-0.2, 0) is 11.3 Å². The van der Waals surface area contributed by atoms with Crippen molar-refractivity contribution >= 4 is 11.6 Å². The maximum absolute atomic E-state index is 6.26. The average Bonchev–Trinajstić information content (AvgIpc) is 2.92. The van der Waals surface area contributed by atoms with Crippen LogP contribution in [0.15, 0.2) is 18.2 Å². The fourth-order valence-electron chi connectivity index (χ4n) is 2.27. The maximum atomic E-state index is 6.26. The molecule has 0 aromatic heterocycles. The minimum atomic E-state index is 0.364. The minimum Gasteiger partial charge on any atom is -0.492 e. The molecule has 4 heteroatoms. The van der Waals surface area contributed by atoms with Crippen molar-refractivity contribution < 1.29 is 9.47 Å². The Morgan fingerprint density at radius 2 is 2.30 bits per heavy atom. The van der Waals surface area contributed by atoms with Gasteiger partial charge < -0.3 is 14.8 Å². The van der Waals surface area contributed by atoms with Crippen molar-refractivity contribution in [3.8, 4) is 5.75 Å². The number of ether oxygens (including phenoxy) is 2. The average molecular weight is 298 g/mol. The number of hydrogen-bond donors (Lipinski definition) is 1. The van der Waals surface area contributed by atoms with Crippen LogP contribution in [0.1, 0.15) is 38.7 Å². The van der Waals surface area contributed by atoms with Crippen molar-refractivity contribution in [2.24, 2.45) is 0 Å². The van der Waals surface area contributed by atoms with Gasteiger partial charge in [0, 0.05) is 25.6 Å². The van der Waals surface area contributed by atoms with Crippen molar-refractivity contribution in [2.75, 3.05) is 13.2 Å². The molecule has 0 radical (unpaired) electrons. The first-order valence-electron chi connectivity index (χ1n) is 7.41. The summed E-state index contributed by atoms with van der Waals surface area (Å²) >= 11 is 6.26. The van der Waals surface area contributed by atoms with E-state index in [0.29, 0.717) is 23.8 Å². The van der Waals surface area contributed by atoms with Crippen LogP contribution in [0.2, 0.25) is 5.02 Å². The first-order chi connectivity index (χ1) is 9.65. The lowest BCUT2D eigenvalue weighted by molar-refractivity contribution is 0.0904. The van der Waals surface area contributed by atoms with Gasteiger partial charge in [0.2, 0.25) is 0 Å². The quantitative estimate of drug-likeness (QED) is 0.831. The van der Waals surface area contributed by atoms with Crippen molar-refractivity contribution in [3.63, 3.8) is 0 Å². The first kappa shape index (κ1) is 15.6. The van der Waals surface area contributed by atoms with Crippen LogP contribution in [0.25, 0.3) is 0 Å². The van der Waals surface area contributed by atoms with Gasteiger partial charge in [0.05, 0.1) is 17.7 Å². The summed E-state index contributed by atoms with van der Waals surface area (Å²) < 4.78 is 11.3. The minimum absolute atomic E-state index is 0.364. The molecule has 0 spiro atoms. The molecule has 20 heavy (non-hydrogen) atoms. The van der Waals surface area contributed by atoms with Gasteiger partial charge in [-0.3, -0.25) is 0 Å². The van der Waals surface area contributed by atoms with Gasteiger partial charge in [-0.2, -0.15) is 0 Å². The molecule has 2 rings (SSSR count). The highest BCUT2D eigenvalue weighted by atomic mass is 35.5. The van der Waals surface area contributed by atoms with Gasteiger partial charge in [-0.25, -0.2) is 0 Å². The Labute approximate surface area is 126 Å². The third kappa shape index (κ3) is 4.97. The number of benzene rings is 1. The molecule has 3 nitrogen and oxygen atoms in total. The highest BCUT2D eigenvalue weighted by Gasteiger charge is 2.15. The van der Waals surface area contributed by atoms with Crippen LogP contribution in [0.5, 0.6) is 5.75 Å². The zero-order valence-electron chi connectivity index (χ0n) is 12.3. The van der Waals surface area contributed by atoms with Crippen LogP contribution >= 0.6 is 11.6 Å². The van der Waals surface area contributed by atoms with Crippen LogP contribution in [0.4, 0.5) is 0 Å². The Hall–Kier alpha value is -0.770. The monoisotopic (exact) mass is 297 g/mol. The van der Waals surface area contributed by atoms with E-state index in [1.807, 2.05) is 12.1 Å². The lowest BCUT2D eigenvalue weighted by Gasteiger charge is -2.13. The highest BCUT2D eigenvalue weighted by molar-refractivity contribution is 6.32. The van der Waals surface area contributed by atoms with E-state index in [4.69, 9.17) is 21.1 Å². The maximum Gasteiger partial charge on any atom is 0.137 e. The number of hydrogen-bond acceptors (Lipinski definition) is 3. The normalized spacial score (nSPS) is 18.7. The molecule has 1 heterocycles. The van der Waals surface area contributed by atoms with E-state index in [1.165, 1.54) is 12.0 Å². The molecule has 0 amide bonds. The van der Waals surface area contributed by atoms with Gasteiger partial charge in [0.15, 0.2) is 0 Å². The van der Waals surface area contributed by atoms with Crippen molar-refractivity contribution in [1.82, 2.24) is 5.32 Å². The third-order valence-electron chi connectivity index (χ3n) is 3.43. The molecule has 0 bridgehead atoms. The lowest BCUT2D eigenvalue weighted by atomic mass is 10.2. The van der Waals surface area contributed by atoms with Crippen LogP contribution in [0, 0.1) is 0 Å². The van der Waals surface area contributed by atoms with Crippen LogP contribution in [0.3, 0.4) is 0 Å². The van der Waals surface area contributed by atoms with E-state index in [0.717, 1.165) is 31.7 Å². The molecule has 1 aromatic carbocycles. The second kappa shape index (κ2) is 7.87. The van der Waals surface area contributed by atoms with E-state index in [-0.39, 0.29) is 0 Å². The Morgan fingerprint density at radius 3 is 2.95 bits per heavy atom. The Kier molecular flexibility index (Phi) is 6.14. The van der Waals surface area contributed by atoms with Gasteiger partial charge >= 0.3 is 0 Å². The summed E-state index contributed by atoms with van der Waals surface area (Å²) in [6.45, 7) is 6.64. The largest absolute Gasteiger partial charge is 0.492 e. The van der Waals surface area contributed by atoms with Gasteiger partial charge in [-0.15, -0.1) is 0 Å². The summed E-state index contributed by atoms with van der Waals surface area (Å²) in [4.78, 5) is 0. The van der Waals surface area contributed by atoms with E-state index in [1.54, 1.807) is 0 Å². The van der Waals surface area contributed by atoms with Crippen molar-refractivity contribution in [1.29, 1.82) is 0 Å². The fourth-order valence-corrected chi connectivity index (χ4v) is 2.52. The lowest BCUT2D eigenvalue weighted by Crippen LogP contribution is -2.21. The molecule has 0 saturated carbocycles. The Balaban J connectivity index is 1.79. The summed E-state index contributed by atoms with van der Waals surface area (Å²) in [5, 5.41) is 4.05. The van der Waals surface area contributed by atoms with E-state index in [2.05, 4.69) is 25.2 Å². The molecule has 1 atom stereocenters.